The second kappa shape index (κ2) is 7.79. The smallest absolute Gasteiger partial charge is 0.162 e. The number of nitriles is 1. The number of rotatable bonds is 7. The van der Waals surface area contributed by atoms with Crippen LogP contribution in [0.3, 0.4) is 0 Å². The fourth-order valence-electron chi connectivity index (χ4n) is 1.86. The summed E-state index contributed by atoms with van der Waals surface area (Å²) >= 11 is 0. The van der Waals surface area contributed by atoms with Crippen molar-refractivity contribution in [3.05, 3.63) is 48.0 Å². The normalized spacial score (nSPS) is 9.68. The Kier molecular flexibility index (Phi) is 5.50. The maximum absolute atomic E-state index is 8.85. The van der Waals surface area contributed by atoms with Crippen molar-refractivity contribution in [2.75, 3.05) is 27.4 Å². The molecule has 0 aliphatic carbocycles. The van der Waals surface area contributed by atoms with Crippen LogP contribution in [0, 0.1) is 11.3 Å². The number of ether oxygens (including phenoxy) is 4. The van der Waals surface area contributed by atoms with E-state index >= 15 is 0 Å². The van der Waals surface area contributed by atoms with Gasteiger partial charge in [-0.1, -0.05) is 6.07 Å². The van der Waals surface area contributed by atoms with E-state index in [2.05, 4.69) is 6.07 Å². The SMILES string of the molecule is COc1cccc(OCCOc2ccc(C#N)cc2OC)c1. The predicted molar refractivity (Wildman–Crippen MR) is 81.7 cm³/mol. The van der Waals surface area contributed by atoms with Gasteiger partial charge in [0.15, 0.2) is 11.5 Å². The monoisotopic (exact) mass is 299 g/mol. The Morgan fingerprint density at radius 2 is 1.64 bits per heavy atom. The molecule has 2 aromatic rings. The van der Waals surface area contributed by atoms with Gasteiger partial charge in [-0.3, -0.25) is 0 Å². The first-order valence-corrected chi connectivity index (χ1v) is 6.74. The second-order valence-corrected chi connectivity index (χ2v) is 4.35. The summed E-state index contributed by atoms with van der Waals surface area (Å²) in [5.41, 5.74) is 0.525. The van der Waals surface area contributed by atoms with Gasteiger partial charge in [-0.05, 0) is 24.3 Å². The zero-order chi connectivity index (χ0) is 15.8. The minimum Gasteiger partial charge on any atom is -0.497 e. The molecule has 0 saturated carbocycles. The summed E-state index contributed by atoms with van der Waals surface area (Å²) in [6.45, 7) is 0.746. The van der Waals surface area contributed by atoms with Crippen molar-refractivity contribution in [1.29, 1.82) is 5.26 Å². The van der Waals surface area contributed by atoms with Gasteiger partial charge in [0.05, 0.1) is 25.9 Å². The number of nitrogens with zero attached hydrogens (tertiary/aromatic N) is 1. The van der Waals surface area contributed by atoms with Crippen molar-refractivity contribution in [2.45, 2.75) is 0 Å². The van der Waals surface area contributed by atoms with Crippen LogP contribution in [0.2, 0.25) is 0 Å². The van der Waals surface area contributed by atoms with E-state index in [1.165, 1.54) is 7.11 Å². The van der Waals surface area contributed by atoms with Gasteiger partial charge in [-0.25, -0.2) is 0 Å². The van der Waals surface area contributed by atoms with Gasteiger partial charge in [0.1, 0.15) is 24.7 Å². The highest BCUT2D eigenvalue weighted by Crippen LogP contribution is 2.27. The van der Waals surface area contributed by atoms with E-state index in [0.717, 1.165) is 11.5 Å². The van der Waals surface area contributed by atoms with Crippen LogP contribution in [0.25, 0.3) is 0 Å². The molecular weight excluding hydrogens is 282 g/mol. The van der Waals surface area contributed by atoms with Crippen molar-refractivity contribution in [3.8, 4) is 29.1 Å². The third-order valence-electron chi connectivity index (χ3n) is 2.94. The van der Waals surface area contributed by atoms with Crippen LogP contribution in [0.15, 0.2) is 42.5 Å². The molecule has 114 valence electrons. The van der Waals surface area contributed by atoms with Crippen molar-refractivity contribution < 1.29 is 18.9 Å². The minimum absolute atomic E-state index is 0.361. The molecule has 0 aromatic heterocycles. The molecule has 5 nitrogen and oxygen atoms in total. The van der Waals surface area contributed by atoms with Crippen LogP contribution >= 0.6 is 0 Å². The van der Waals surface area contributed by atoms with Crippen LogP contribution in [0.5, 0.6) is 23.0 Å². The van der Waals surface area contributed by atoms with Gasteiger partial charge < -0.3 is 18.9 Å². The number of hydrogen-bond acceptors (Lipinski definition) is 5. The lowest BCUT2D eigenvalue weighted by atomic mass is 10.2. The van der Waals surface area contributed by atoms with Crippen LogP contribution < -0.4 is 18.9 Å². The van der Waals surface area contributed by atoms with Gasteiger partial charge in [-0.2, -0.15) is 5.26 Å². The standard InChI is InChI=1S/C17H17NO4/c1-19-14-4-3-5-15(11-14)21-8-9-22-16-7-6-13(12-18)10-17(16)20-2/h3-7,10-11H,8-9H2,1-2H3. The van der Waals surface area contributed by atoms with E-state index in [4.69, 9.17) is 24.2 Å². The zero-order valence-electron chi connectivity index (χ0n) is 12.5. The first kappa shape index (κ1) is 15.5. The van der Waals surface area contributed by atoms with Crippen LogP contribution in [-0.4, -0.2) is 27.4 Å². The van der Waals surface area contributed by atoms with Crippen molar-refractivity contribution in [2.24, 2.45) is 0 Å². The lowest BCUT2D eigenvalue weighted by molar-refractivity contribution is 0.211. The van der Waals surface area contributed by atoms with Crippen molar-refractivity contribution >= 4 is 0 Å². The maximum Gasteiger partial charge on any atom is 0.162 e. The maximum atomic E-state index is 8.85. The Hall–Kier alpha value is -2.87. The van der Waals surface area contributed by atoms with Gasteiger partial charge in [0.25, 0.3) is 0 Å². The molecule has 0 amide bonds. The first-order chi connectivity index (χ1) is 10.8. The van der Waals surface area contributed by atoms with E-state index in [1.54, 1.807) is 25.3 Å². The summed E-state index contributed by atoms with van der Waals surface area (Å²) < 4.78 is 21.5. The molecule has 0 N–H and O–H groups in total. The average Bonchev–Trinajstić information content (AvgIpc) is 2.58. The summed E-state index contributed by atoms with van der Waals surface area (Å²) in [5.74, 6) is 2.57. The molecule has 0 atom stereocenters. The highest BCUT2D eigenvalue weighted by Gasteiger charge is 2.05. The highest BCUT2D eigenvalue weighted by molar-refractivity contribution is 5.46. The Balaban J connectivity index is 1.87. The molecule has 5 heteroatoms. The van der Waals surface area contributed by atoms with Crippen LogP contribution in [0.4, 0.5) is 0 Å². The Bertz CT molecular complexity index is 664. The number of methoxy groups -OCH3 is 2. The molecule has 0 fully saturated rings. The van der Waals surface area contributed by atoms with Crippen LogP contribution in [0.1, 0.15) is 5.56 Å². The van der Waals surface area contributed by atoms with E-state index in [9.17, 15) is 0 Å². The fourth-order valence-corrected chi connectivity index (χ4v) is 1.86. The van der Waals surface area contributed by atoms with E-state index in [0.29, 0.717) is 30.3 Å². The largest absolute Gasteiger partial charge is 0.497 e. The second-order valence-electron chi connectivity index (χ2n) is 4.35. The Morgan fingerprint density at radius 3 is 2.36 bits per heavy atom. The lowest BCUT2D eigenvalue weighted by Crippen LogP contribution is -2.09. The molecule has 0 radical (unpaired) electrons. The molecule has 0 unspecified atom stereocenters. The molecule has 0 saturated heterocycles. The van der Waals surface area contributed by atoms with Crippen LogP contribution in [-0.2, 0) is 0 Å². The lowest BCUT2D eigenvalue weighted by Gasteiger charge is -2.12. The zero-order valence-corrected chi connectivity index (χ0v) is 12.5. The summed E-state index contributed by atoms with van der Waals surface area (Å²) in [7, 11) is 3.15. The minimum atomic E-state index is 0.361. The Labute approximate surface area is 129 Å². The quantitative estimate of drug-likeness (QED) is 0.735. The Morgan fingerprint density at radius 1 is 0.864 bits per heavy atom. The molecule has 0 bridgehead atoms. The topological polar surface area (TPSA) is 60.7 Å². The van der Waals surface area contributed by atoms with E-state index in [-0.39, 0.29) is 0 Å². The van der Waals surface area contributed by atoms with Crippen molar-refractivity contribution in [3.63, 3.8) is 0 Å². The van der Waals surface area contributed by atoms with Crippen molar-refractivity contribution in [1.82, 2.24) is 0 Å². The summed E-state index contributed by atoms with van der Waals surface area (Å²) in [5, 5.41) is 8.85. The summed E-state index contributed by atoms with van der Waals surface area (Å²) in [6, 6.07) is 14.5. The average molecular weight is 299 g/mol. The summed E-state index contributed by atoms with van der Waals surface area (Å²) in [4.78, 5) is 0. The van der Waals surface area contributed by atoms with E-state index in [1.807, 2.05) is 24.3 Å². The molecule has 0 aliphatic heterocycles. The number of benzene rings is 2. The molecule has 0 heterocycles. The van der Waals surface area contributed by atoms with Gasteiger partial charge in [0.2, 0.25) is 0 Å². The van der Waals surface area contributed by atoms with E-state index < -0.39 is 0 Å². The number of hydrogen-bond donors (Lipinski definition) is 0. The molecule has 0 spiro atoms. The first-order valence-electron chi connectivity index (χ1n) is 6.74. The third-order valence-corrected chi connectivity index (χ3v) is 2.94. The van der Waals surface area contributed by atoms with Gasteiger partial charge in [0, 0.05) is 12.1 Å². The molecule has 0 aliphatic rings. The summed E-state index contributed by atoms with van der Waals surface area (Å²) in [6.07, 6.45) is 0. The molecular formula is C17H17NO4. The third kappa shape index (κ3) is 4.06. The predicted octanol–water partition coefficient (Wildman–Crippen LogP) is 3.03. The molecule has 2 rings (SSSR count). The van der Waals surface area contributed by atoms with Gasteiger partial charge in [-0.15, -0.1) is 0 Å². The van der Waals surface area contributed by atoms with Gasteiger partial charge >= 0.3 is 0 Å². The highest BCUT2D eigenvalue weighted by atomic mass is 16.5. The molecule has 22 heavy (non-hydrogen) atoms. The fraction of sp³-hybridized carbons (Fsp3) is 0.235. The molecule has 2 aromatic carbocycles.